The number of hydrogen-bond donors (Lipinski definition) is 0. The van der Waals surface area contributed by atoms with Crippen LogP contribution in [-0.4, -0.2) is 18.6 Å². The van der Waals surface area contributed by atoms with Crippen LogP contribution in [0.4, 0.5) is 0 Å². The summed E-state index contributed by atoms with van der Waals surface area (Å²) in [5.74, 6) is 1.17. The van der Waals surface area contributed by atoms with Crippen LogP contribution in [0.15, 0.2) is 5.11 Å². The van der Waals surface area contributed by atoms with Gasteiger partial charge in [-0.1, -0.05) is 5.11 Å². The van der Waals surface area contributed by atoms with Gasteiger partial charge in [0.05, 0.1) is 0 Å². The van der Waals surface area contributed by atoms with E-state index in [1.54, 1.807) is 0 Å². The third kappa shape index (κ3) is 7.66. The molecular weight excluding hydrogens is 134 g/mol. The van der Waals surface area contributed by atoms with Crippen LogP contribution < -0.4 is 0 Å². The summed E-state index contributed by atoms with van der Waals surface area (Å²) >= 11 is 1.82. The zero-order valence-electron chi connectivity index (χ0n) is 5.58. The Labute approximate surface area is 59.5 Å². The molecule has 0 radical (unpaired) electrons. The van der Waals surface area contributed by atoms with Crippen molar-refractivity contribution in [1.29, 1.82) is 0 Å². The van der Waals surface area contributed by atoms with E-state index in [1.165, 1.54) is 5.75 Å². The van der Waals surface area contributed by atoms with Gasteiger partial charge in [-0.3, -0.25) is 0 Å². The van der Waals surface area contributed by atoms with Gasteiger partial charge < -0.3 is 0 Å². The maximum atomic E-state index is 7.88. The first-order valence-electron chi connectivity index (χ1n) is 2.91. The third-order valence-corrected chi connectivity index (χ3v) is 1.62. The summed E-state index contributed by atoms with van der Waals surface area (Å²) in [6.45, 7) is 0.650. The smallest absolute Gasteiger partial charge is 0.0258 e. The van der Waals surface area contributed by atoms with Crippen molar-refractivity contribution in [2.45, 2.75) is 12.8 Å². The average Bonchev–Trinajstić information content (AvgIpc) is 1.89. The molecule has 0 amide bonds. The Balaban J connectivity index is 2.82. The van der Waals surface area contributed by atoms with E-state index in [0.29, 0.717) is 6.54 Å². The molecule has 0 saturated carbocycles. The fourth-order valence-corrected chi connectivity index (χ4v) is 0.966. The van der Waals surface area contributed by atoms with Crippen LogP contribution in [0.3, 0.4) is 0 Å². The summed E-state index contributed by atoms with van der Waals surface area (Å²) in [4.78, 5) is 2.65. The topological polar surface area (TPSA) is 48.8 Å². The predicted molar refractivity (Wildman–Crippen MR) is 41.6 cm³/mol. The molecule has 0 N–H and O–H groups in total. The van der Waals surface area contributed by atoms with Crippen molar-refractivity contribution in [3.05, 3.63) is 10.4 Å². The molecule has 0 aromatic heterocycles. The summed E-state index contributed by atoms with van der Waals surface area (Å²) in [7, 11) is 0. The summed E-state index contributed by atoms with van der Waals surface area (Å²) in [6.07, 6.45) is 4.25. The summed E-state index contributed by atoms with van der Waals surface area (Å²) in [5, 5.41) is 3.41. The number of nitrogens with zero attached hydrogens (tertiary/aromatic N) is 3. The molecule has 0 fully saturated rings. The normalized spacial score (nSPS) is 8.56. The van der Waals surface area contributed by atoms with Gasteiger partial charge in [0.2, 0.25) is 0 Å². The Morgan fingerprint density at radius 3 is 2.89 bits per heavy atom. The van der Waals surface area contributed by atoms with Crippen LogP contribution in [0.5, 0.6) is 0 Å². The van der Waals surface area contributed by atoms with Crippen LogP contribution in [0.25, 0.3) is 10.4 Å². The van der Waals surface area contributed by atoms with Crippen molar-refractivity contribution < 1.29 is 0 Å². The number of hydrogen-bond acceptors (Lipinski definition) is 2. The molecule has 52 valence electrons. The summed E-state index contributed by atoms with van der Waals surface area (Å²) in [5.41, 5.74) is 7.88. The van der Waals surface area contributed by atoms with Crippen molar-refractivity contribution in [2.75, 3.05) is 18.6 Å². The second-order valence-corrected chi connectivity index (χ2v) is 2.64. The minimum absolute atomic E-state index is 0.650. The molecule has 0 rings (SSSR count). The van der Waals surface area contributed by atoms with Gasteiger partial charge in [-0.15, -0.1) is 0 Å². The molecule has 0 aliphatic carbocycles. The molecule has 0 heterocycles. The lowest BCUT2D eigenvalue weighted by Gasteiger charge is -1.91. The Bertz CT molecular complexity index is 98.4. The SMILES string of the molecule is CSCCCCN=[N+]=[N-]. The summed E-state index contributed by atoms with van der Waals surface area (Å²) in [6, 6.07) is 0. The lowest BCUT2D eigenvalue weighted by molar-refractivity contribution is 0.810. The highest BCUT2D eigenvalue weighted by Gasteiger charge is 1.83. The first-order valence-corrected chi connectivity index (χ1v) is 4.31. The molecule has 0 aromatic rings. The van der Waals surface area contributed by atoms with E-state index in [2.05, 4.69) is 16.3 Å². The highest BCUT2D eigenvalue weighted by Crippen LogP contribution is 1.98. The first kappa shape index (κ1) is 8.66. The Hall–Kier alpha value is -0.340. The van der Waals surface area contributed by atoms with E-state index < -0.39 is 0 Å². The van der Waals surface area contributed by atoms with Crippen LogP contribution >= 0.6 is 11.8 Å². The van der Waals surface area contributed by atoms with Crippen LogP contribution in [0.1, 0.15) is 12.8 Å². The molecule has 0 spiro atoms. The largest absolute Gasteiger partial charge is 0.165 e. The van der Waals surface area contributed by atoms with Crippen molar-refractivity contribution in [3.63, 3.8) is 0 Å². The van der Waals surface area contributed by atoms with Gasteiger partial charge in [0.25, 0.3) is 0 Å². The minimum atomic E-state index is 0.650. The van der Waals surface area contributed by atoms with Crippen molar-refractivity contribution in [1.82, 2.24) is 0 Å². The molecule has 4 heteroatoms. The van der Waals surface area contributed by atoms with Gasteiger partial charge in [0, 0.05) is 11.5 Å². The van der Waals surface area contributed by atoms with Gasteiger partial charge in [0.15, 0.2) is 0 Å². The van der Waals surface area contributed by atoms with E-state index in [4.69, 9.17) is 5.53 Å². The minimum Gasteiger partial charge on any atom is -0.165 e. The molecular formula is C5H11N3S. The molecule has 3 nitrogen and oxygen atoms in total. The fraction of sp³-hybridized carbons (Fsp3) is 1.00. The first-order chi connectivity index (χ1) is 4.41. The van der Waals surface area contributed by atoms with Crippen LogP contribution in [-0.2, 0) is 0 Å². The Kier molecular flexibility index (Phi) is 7.37. The number of thioether (sulfide) groups is 1. The average molecular weight is 145 g/mol. The van der Waals surface area contributed by atoms with E-state index in [9.17, 15) is 0 Å². The zero-order valence-corrected chi connectivity index (χ0v) is 6.39. The highest BCUT2D eigenvalue weighted by atomic mass is 32.2. The lowest BCUT2D eigenvalue weighted by atomic mass is 10.3. The number of azide groups is 1. The van der Waals surface area contributed by atoms with Crippen LogP contribution in [0, 0.1) is 0 Å². The predicted octanol–water partition coefficient (Wildman–Crippen LogP) is 2.44. The monoisotopic (exact) mass is 145 g/mol. The van der Waals surface area contributed by atoms with Crippen molar-refractivity contribution in [3.8, 4) is 0 Å². The molecule has 0 aliphatic rings. The molecule has 0 saturated heterocycles. The van der Waals surface area contributed by atoms with Crippen molar-refractivity contribution in [2.24, 2.45) is 5.11 Å². The molecule has 0 aromatic carbocycles. The van der Waals surface area contributed by atoms with Crippen LogP contribution in [0.2, 0.25) is 0 Å². The van der Waals surface area contributed by atoms with Gasteiger partial charge in [0.1, 0.15) is 0 Å². The second kappa shape index (κ2) is 7.66. The Morgan fingerprint density at radius 1 is 1.56 bits per heavy atom. The third-order valence-electron chi connectivity index (χ3n) is 0.920. The van der Waals surface area contributed by atoms with E-state index in [1.807, 2.05) is 11.8 Å². The number of unbranched alkanes of at least 4 members (excludes halogenated alkanes) is 1. The van der Waals surface area contributed by atoms with E-state index in [0.717, 1.165) is 12.8 Å². The molecule has 0 atom stereocenters. The lowest BCUT2D eigenvalue weighted by Crippen LogP contribution is -1.81. The molecule has 0 bridgehead atoms. The molecule has 0 aliphatic heterocycles. The van der Waals surface area contributed by atoms with E-state index in [-0.39, 0.29) is 0 Å². The second-order valence-electron chi connectivity index (χ2n) is 1.65. The highest BCUT2D eigenvalue weighted by molar-refractivity contribution is 7.98. The standard InChI is InChI=1S/C5H11N3S/c1-9-5-3-2-4-7-8-6/h2-5H2,1H3. The molecule has 0 unspecified atom stereocenters. The van der Waals surface area contributed by atoms with Gasteiger partial charge >= 0.3 is 0 Å². The quantitative estimate of drug-likeness (QED) is 0.254. The molecule has 9 heavy (non-hydrogen) atoms. The maximum absolute atomic E-state index is 7.88. The van der Waals surface area contributed by atoms with Gasteiger partial charge in [-0.2, -0.15) is 11.8 Å². The Morgan fingerprint density at radius 2 is 2.33 bits per heavy atom. The van der Waals surface area contributed by atoms with Gasteiger partial charge in [-0.25, -0.2) is 0 Å². The van der Waals surface area contributed by atoms with Gasteiger partial charge in [-0.05, 0) is 30.4 Å². The summed E-state index contributed by atoms with van der Waals surface area (Å²) < 4.78 is 0. The van der Waals surface area contributed by atoms with E-state index >= 15 is 0 Å². The maximum Gasteiger partial charge on any atom is 0.0258 e. The zero-order chi connectivity index (χ0) is 6.95. The van der Waals surface area contributed by atoms with Crippen molar-refractivity contribution >= 4 is 11.8 Å². The fourth-order valence-electron chi connectivity index (χ4n) is 0.474. The number of rotatable bonds is 5.